The number of aliphatic hydroxyl groups excluding tert-OH is 8. The number of ether oxygens (including phenoxy) is 4. The quantitative estimate of drug-likeness (QED) is 0.0204. The number of hydrogen-bond acceptors (Lipinski definition) is 13. The molecule has 14 nitrogen and oxygen atoms in total. The van der Waals surface area contributed by atoms with Crippen LogP contribution in [-0.4, -0.2) is 140 Å². The average molecular weight is 1470 g/mol. The molecule has 0 radical (unpaired) electrons. The molecule has 0 bridgehead atoms. The molecule has 2 aliphatic rings. The van der Waals surface area contributed by atoms with E-state index in [4.69, 9.17) is 18.9 Å². The molecular formula is C90H165NO13. The van der Waals surface area contributed by atoms with Crippen molar-refractivity contribution in [2.24, 2.45) is 0 Å². The van der Waals surface area contributed by atoms with Gasteiger partial charge in [0.25, 0.3) is 0 Å². The third-order valence-corrected chi connectivity index (χ3v) is 21.4. The zero-order chi connectivity index (χ0) is 75.1. The highest BCUT2D eigenvalue weighted by Crippen LogP contribution is 2.31. The molecule has 1 amide bonds. The zero-order valence-corrected chi connectivity index (χ0v) is 67.0. The summed E-state index contributed by atoms with van der Waals surface area (Å²) in [5, 5.41) is 88.0. The summed E-state index contributed by atoms with van der Waals surface area (Å²) in [5.41, 5.74) is 0. The minimum atomic E-state index is -1.78. The maximum Gasteiger partial charge on any atom is 0.220 e. The number of allylic oxidation sites excluding steroid dienone is 12. The first-order chi connectivity index (χ1) is 51.1. The third kappa shape index (κ3) is 54.9. The van der Waals surface area contributed by atoms with Crippen LogP contribution in [0.5, 0.6) is 0 Å². The Morgan fingerprint density at radius 3 is 1.02 bits per heavy atom. The molecule has 0 spiro atoms. The molecule has 2 heterocycles. The zero-order valence-electron chi connectivity index (χ0n) is 67.0. The van der Waals surface area contributed by atoms with Crippen LogP contribution in [-0.2, 0) is 23.7 Å². The van der Waals surface area contributed by atoms with Gasteiger partial charge in [-0.2, -0.15) is 0 Å². The first kappa shape index (κ1) is 97.5. The molecule has 2 aliphatic heterocycles. The van der Waals surface area contributed by atoms with E-state index in [9.17, 15) is 45.6 Å². The van der Waals surface area contributed by atoms with Crippen molar-refractivity contribution in [3.8, 4) is 0 Å². The normalized spacial score (nSPS) is 21.8. The summed E-state index contributed by atoms with van der Waals surface area (Å²) < 4.78 is 23.0. The molecule has 14 heteroatoms. The van der Waals surface area contributed by atoms with Crippen LogP contribution in [0.4, 0.5) is 0 Å². The summed E-state index contributed by atoms with van der Waals surface area (Å²) in [6, 6.07) is -0.831. The molecule has 2 fully saturated rings. The second kappa shape index (κ2) is 73.2. The molecule has 2 rings (SSSR count). The van der Waals surface area contributed by atoms with Gasteiger partial charge in [-0.05, 0) is 64.2 Å². The van der Waals surface area contributed by atoms with Crippen molar-refractivity contribution in [2.45, 2.75) is 473 Å². The lowest BCUT2D eigenvalue weighted by atomic mass is 9.97. The van der Waals surface area contributed by atoms with Crippen molar-refractivity contribution in [1.82, 2.24) is 5.32 Å². The number of nitrogens with one attached hydrogen (secondary N) is 1. The number of rotatable bonds is 75. The van der Waals surface area contributed by atoms with E-state index in [1.54, 1.807) is 0 Å². The van der Waals surface area contributed by atoms with Gasteiger partial charge in [-0.15, -0.1) is 0 Å². The van der Waals surface area contributed by atoms with E-state index in [2.05, 4.69) is 92.1 Å². The van der Waals surface area contributed by atoms with Gasteiger partial charge >= 0.3 is 0 Å². The van der Waals surface area contributed by atoms with Gasteiger partial charge in [-0.3, -0.25) is 4.79 Å². The largest absolute Gasteiger partial charge is 0.394 e. The Morgan fingerprint density at radius 1 is 0.356 bits per heavy atom. The molecule has 104 heavy (non-hydrogen) atoms. The van der Waals surface area contributed by atoms with Gasteiger partial charge in [0.1, 0.15) is 48.8 Å². The van der Waals surface area contributed by atoms with Gasteiger partial charge in [0.05, 0.1) is 32.0 Å². The minimum absolute atomic E-state index is 0.199. The monoisotopic (exact) mass is 1470 g/mol. The van der Waals surface area contributed by atoms with Crippen LogP contribution in [0.1, 0.15) is 399 Å². The molecule has 0 aromatic carbocycles. The highest BCUT2D eigenvalue weighted by Gasteiger charge is 2.51. The van der Waals surface area contributed by atoms with Gasteiger partial charge in [-0.1, -0.05) is 401 Å². The van der Waals surface area contributed by atoms with Gasteiger partial charge < -0.3 is 65.1 Å². The van der Waals surface area contributed by atoms with Crippen LogP contribution in [0.25, 0.3) is 0 Å². The topological polar surface area (TPSA) is 228 Å². The molecule has 608 valence electrons. The number of aliphatic hydroxyl groups is 8. The number of hydrogen-bond donors (Lipinski definition) is 9. The Kier molecular flexibility index (Phi) is 68.7. The predicted molar refractivity (Wildman–Crippen MR) is 433 cm³/mol. The maximum absolute atomic E-state index is 13.4. The molecule has 12 unspecified atom stereocenters. The SMILES string of the molecule is CC/C=C\C/C=C\C/C=C\C/C=C\C/C=C\C/C=C\CCCCCCCCCCCCCCCCCCCCCCCCC(=O)NC(COC1OC(CO)C(OC2OC(CO)C(O)C(O)C2O)C(O)C1O)C(O)CCCCCCCCCCCCCCCCCCCCCCCCCCCCCCC. The highest BCUT2D eigenvalue weighted by molar-refractivity contribution is 5.76. The van der Waals surface area contributed by atoms with E-state index >= 15 is 0 Å². The molecule has 0 aromatic rings. The smallest absolute Gasteiger partial charge is 0.220 e. The Hall–Kier alpha value is -2.57. The van der Waals surface area contributed by atoms with Crippen molar-refractivity contribution < 1.29 is 64.6 Å². The molecule has 0 saturated carbocycles. The summed E-state index contributed by atoms with van der Waals surface area (Å²) in [6.45, 7) is 2.81. The fraction of sp³-hybridized carbons (Fsp3) is 0.856. The highest BCUT2D eigenvalue weighted by atomic mass is 16.7. The summed E-state index contributed by atoms with van der Waals surface area (Å²) >= 11 is 0. The summed E-state index contributed by atoms with van der Waals surface area (Å²) in [4.78, 5) is 13.4. The second-order valence-corrected chi connectivity index (χ2v) is 31.0. The molecule has 0 aromatic heterocycles. The summed E-state index contributed by atoms with van der Waals surface area (Å²) in [6.07, 6.45) is 85.4. The second-order valence-electron chi connectivity index (χ2n) is 31.0. The number of carbonyl (C=O) groups is 1. The van der Waals surface area contributed by atoms with E-state index in [-0.39, 0.29) is 12.5 Å². The Balaban J connectivity index is 1.55. The van der Waals surface area contributed by atoms with Gasteiger partial charge in [-0.25, -0.2) is 0 Å². The Bertz CT molecular complexity index is 2030. The lowest BCUT2D eigenvalue weighted by Crippen LogP contribution is -2.65. The molecule has 9 N–H and O–H groups in total. The maximum atomic E-state index is 13.4. The van der Waals surface area contributed by atoms with E-state index in [1.807, 2.05) is 0 Å². The van der Waals surface area contributed by atoms with Gasteiger partial charge in [0.15, 0.2) is 12.6 Å². The van der Waals surface area contributed by atoms with Crippen LogP contribution in [0.3, 0.4) is 0 Å². The molecule has 12 atom stereocenters. The summed E-state index contributed by atoms with van der Waals surface area (Å²) in [5.74, 6) is -0.199. The van der Waals surface area contributed by atoms with Crippen molar-refractivity contribution in [1.29, 1.82) is 0 Å². The molecule has 0 aliphatic carbocycles. The van der Waals surface area contributed by atoms with Crippen molar-refractivity contribution in [3.05, 3.63) is 72.9 Å². The number of unbranched alkanes of at least 4 members (excludes halogenated alkanes) is 50. The van der Waals surface area contributed by atoms with E-state index in [0.29, 0.717) is 12.8 Å². The molecular weight excluding hydrogens is 1300 g/mol. The minimum Gasteiger partial charge on any atom is -0.394 e. The van der Waals surface area contributed by atoms with Crippen LogP contribution in [0.2, 0.25) is 0 Å². The number of amides is 1. The van der Waals surface area contributed by atoms with Crippen LogP contribution >= 0.6 is 0 Å². The van der Waals surface area contributed by atoms with E-state index in [0.717, 1.165) is 89.9 Å². The van der Waals surface area contributed by atoms with Crippen LogP contribution in [0, 0.1) is 0 Å². The Labute approximate surface area is 638 Å². The number of carbonyl (C=O) groups excluding carboxylic acids is 1. The standard InChI is InChI=1S/C90H165NO13/c1-3-5-7-9-11-13-15-17-19-21-23-25-27-29-31-33-34-35-36-37-38-39-40-41-42-43-44-46-48-50-52-54-56-58-60-62-64-66-68-70-72-74-82(95)91-78(77-101-89-87(100)85(98)88(81(76-93)103-89)104-90-86(99)84(97)83(96)80(75-92)102-90)79(94)73-71-69-67-65-63-61-59-57-55-53-51-49-47-45-32-30-28-26-24-22-20-18-16-14-12-10-8-6-4-2/h5,7,11,13,17,19,23,25,29,31,34-35,78-81,83-90,92-94,96-100H,3-4,6,8-10,12,14-16,18,20-22,24,26-28,30,32-33,36-77H2,1-2H3,(H,91,95)/b7-5-,13-11-,19-17-,25-23-,31-29-,35-34-. The first-order valence-corrected chi connectivity index (χ1v) is 44.2. The van der Waals surface area contributed by atoms with Crippen molar-refractivity contribution >= 4 is 5.91 Å². The predicted octanol–water partition coefficient (Wildman–Crippen LogP) is 21.3. The fourth-order valence-corrected chi connectivity index (χ4v) is 14.5. The lowest BCUT2D eigenvalue weighted by molar-refractivity contribution is -0.359. The van der Waals surface area contributed by atoms with E-state index < -0.39 is 86.8 Å². The van der Waals surface area contributed by atoms with Crippen molar-refractivity contribution in [2.75, 3.05) is 19.8 Å². The Morgan fingerprint density at radius 2 is 0.663 bits per heavy atom. The first-order valence-electron chi connectivity index (χ1n) is 44.2. The molecule has 2 saturated heterocycles. The fourth-order valence-electron chi connectivity index (χ4n) is 14.5. The van der Waals surface area contributed by atoms with Crippen LogP contribution in [0.15, 0.2) is 72.9 Å². The summed E-state index contributed by atoms with van der Waals surface area (Å²) in [7, 11) is 0. The lowest BCUT2D eigenvalue weighted by Gasteiger charge is -2.46. The van der Waals surface area contributed by atoms with Crippen molar-refractivity contribution in [3.63, 3.8) is 0 Å². The van der Waals surface area contributed by atoms with Gasteiger partial charge in [0, 0.05) is 6.42 Å². The third-order valence-electron chi connectivity index (χ3n) is 21.4. The average Bonchev–Trinajstić information content (AvgIpc) is 0.789. The van der Waals surface area contributed by atoms with Gasteiger partial charge in [0.2, 0.25) is 5.91 Å². The van der Waals surface area contributed by atoms with E-state index in [1.165, 1.54) is 283 Å². The van der Waals surface area contributed by atoms with Crippen LogP contribution < -0.4 is 5.32 Å².